The number of nitrogens with two attached hydrogens (primary N) is 2. The number of allylic oxidation sites excluding steroid dienone is 4. The first-order valence-electron chi connectivity index (χ1n) is 6.29. The lowest BCUT2D eigenvalue weighted by Gasteiger charge is -2.13. The van der Waals surface area contributed by atoms with Crippen molar-refractivity contribution in [2.75, 3.05) is 5.73 Å². The van der Waals surface area contributed by atoms with E-state index in [0.29, 0.717) is 28.9 Å². The molecule has 0 heterocycles. The molecular formula is C17H18N2O2. The molecule has 2 rings (SSSR count). The van der Waals surface area contributed by atoms with E-state index in [-0.39, 0.29) is 0 Å². The van der Waals surface area contributed by atoms with Crippen LogP contribution in [0.5, 0.6) is 0 Å². The summed E-state index contributed by atoms with van der Waals surface area (Å²) in [5, 5.41) is 9.46. The molecule has 5 N–H and O–H groups in total. The Morgan fingerprint density at radius 1 is 1.24 bits per heavy atom. The van der Waals surface area contributed by atoms with E-state index in [1.165, 1.54) is 0 Å². The van der Waals surface area contributed by atoms with Crippen LogP contribution in [0.25, 0.3) is 5.57 Å². The number of carbonyl (C=O) groups is 1. The van der Waals surface area contributed by atoms with Gasteiger partial charge in [0.05, 0.1) is 5.57 Å². The van der Waals surface area contributed by atoms with Crippen molar-refractivity contribution in [2.24, 2.45) is 5.73 Å². The number of anilines is 1. The molecule has 0 aromatic heterocycles. The third-order valence-electron chi connectivity index (χ3n) is 3.09. The molecule has 1 aromatic carbocycles. The molecule has 0 fully saturated rings. The molecule has 0 saturated heterocycles. The summed E-state index contributed by atoms with van der Waals surface area (Å²) < 4.78 is 0. The van der Waals surface area contributed by atoms with Crippen molar-refractivity contribution in [3.8, 4) is 12.8 Å². The summed E-state index contributed by atoms with van der Waals surface area (Å²) in [5.41, 5.74) is 15.2. The summed E-state index contributed by atoms with van der Waals surface area (Å²) in [6.45, 7) is 1.85. The number of nitrogen functional groups attached to an aromatic ring is 1. The molecule has 0 saturated carbocycles. The number of carboxylic acid groups (broad SMARTS) is 1. The van der Waals surface area contributed by atoms with Gasteiger partial charge in [0.2, 0.25) is 0 Å². The van der Waals surface area contributed by atoms with E-state index in [2.05, 4.69) is 12.8 Å². The fraction of sp³-hybridized carbons (Fsp3) is 0.118. The van der Waals surface area contributed by atoms with Gasteiger partial charge in [-0.2, -0.15) is 0 Å². The van der Waals surface area contributed by atoms with Crippen LogP contribution < -0.4 is 11.5 Å². The minimum Gasteiger partial charge on any atom is -0.478 e. The highest BCUT2D eigenvalue weighted by Crippen LogP contribution is 2.28. The summed E-state index contributed by atoms with van der Waals surface area (Å²) in [7, 11) is 0. The first kappa shape index (κ1) is 16.1. The van der Waals surface area contributed by atoms with E-state index in [4.69, 9.17) is 11.5 Å². The lowest BCUT2D eigenvalue weighted by Crippen LogP contribution is -2.07. The van der Waals surface area contributed by atoms with Crippen molar-refractivity contribution in [1.82, 2.24) is 0 Å². The highest BCUT2D eigenvalue weighted by atomic mass is 16.4. The maximum atomic E-state index is 11.5. The largest absolute Gasteiger partial charge is 0.478 e. The van der Waals surface area contributed by atoms with Crippen molar-refractivity contribution in [2.45, 2.75) is 13.3 Å². The second-order valence-electron chi connectivity index (χ2n) is 4.52. The molecule has 1 aliphatic carbocycles. The van der Waals surface area contributed by atoms with Crippen LogP contribution in [0.4, 0.5) is 5.69 Å². The monoisotopic (exact) mass is 282 g/mol. The van der Waals surface area contributed by atoms with Gasteiger partial charge in [-0.05, 0) is 48.3 Å². The van der Waals surface area contributed by atoms with Crippen LogP contribution in [0.2, 0.25) is 0 Å². The zero-order valence-corrected chi connectivity index (χ0v) is 11.8. The lowest BCUT2D eigenvalue weighted by molar-refractivity contribution is -0.130. The van der Waals surface area contributed by atoms with Crippen LogP contribution in [0.1, 0.15) is 17.5 Å². The molecule has 4 heteroatoms. The molecule has 4 nitrogen and oxygen atoms in total. The van der Waals surface area contributed by atoms with Crippen LogP contribution in [-0.4, -0.2) is 11.1 Å². The first-order chi connectivity index (χ1) is 9.99. The number of rotatable bonds is 2. The number of aryl methyl sites for hydroxylation is 1. The minimum atomic E-state index is -0.943. The fourth-order valence-corrected chi connectivity index (χ4v) is 2.14. The molecule has 0 unspecified atom stereocenters. The lowest BCUT2D eigenvalue weighted by atomic mass is 9.92. The molecule has 0 spiro atoms. The normalized spacial score (nSPS) is 15.5. The maximum Gasteiger partial charge on any atom is 0.336 e. The smallest absolute Gasteiger partial charge is 0.336 e. The van der Waals surface area contributed by atoms with E-state index in [9.17, 15) is 9.90 Å². The number of benzene rings is 1. The SMILES string of the molecule is C#C.Cc1cc(N)ccc1/C(C(=O)O)=C1/C=CC(N)=CC1. The van der Waals surface area contributed by atoms with Crippen LogP contribution in [0.3, 0.4) is 0 Å². The average Bonchev–Trinajstić information content (AvgIpc) is 2.45. The van der Waals surface area contributed by atoms with Gasteiger partial charge in [-0.15, -0.1) is 12.8 Å². The molecule has 0 atom stereocenters. The minimum absolute atomic E-state index is 0.303. The number of hydrogen-bond acceptors (Lipinski definition) is 3. The van der Waals surface area contributed by atoms with E-state index >= 15 is 0 Å². The van der Waals surface area contributed by atoms with Crippen molar-refractivity contribution in [3.05, 3.63) is 58.8 Å². The van der Waals surface area contributed by atoms with Gasteiger partial charge in [0.15, 0.2) is 0 Å². The molecule has 1 aromatic rings. The van der Waals surface area contributed by atoms with Crippen LogP contribution in [-0.2, 0) is 4.79 Å². The standard InChI is InChI=1S/C15H16N2O2.C2H2/c1-9-8-12(17)6-7-13(9)14(15(18)19)10-2-4-11(16)5-3-10;1-2/h2,4-8H,3,16-17H2,1H3,(H,18,19);1-2H/b14-10+;. The molecule has 0 amide bonds. The van der Waals surface area contributed by atoms with Crippen LogP contribution in [0.15, 0.2) is 47.7 Å². The van der Waals surface area contributed by atoms with Gasteiger partial charge in [-0.1, -0.05) is 18.2 Å². The Morgan fingerprint density at radius 2 is 1.90 bits per heavy atom. The van der Waals surface area contributed by atoms with Crippen molar-refractivity contribution < 1.29 is 9.90 Å². The van der Waals surface area contributed by atoms with Gasteiger partial charge in [0, 0.05) is 11.4 Å². The Morgan fingerprint density at radius 3 is 2.38 bits per heavy atom. The van der Waals surface area contributed by atoms with Crippen molar-refractivity contribution in [3.63, 3.8) is 0 Å². The summed E-state index contributed by atoms with van der Waals surface area (Å²) >= 11 is 0. The fourth-order valence-electron chi connectivity index (χ4n) is 2.14. The van der Waals surface area contributed by atoms with Crippen LogP contribution in [0, 0.1) is 19.8 Å². The predicted molar refractivity (Wildman–Crippen MR) is 86.1 cm³/mol. The third-order valence-corrected chi connectivity index (χ3v) is 3.09. The van der Waals surface area contributed by atoms with Gasteiger partial charge in [-0.3, -0.25) is 0 Å². The predicted octanol–water partition coefficient (Wildman–Crippen LogP) is 2.47. The van der Waals surface area contributed by atoms with Gasteiger partial charge < -0.3 is 16.6 Å². The first-order valence-corrected chi connectivity index (χ1v) is 6.29. The van der Waals surface area contributed by atoms with Gasteiger partial charge in [0.25, 0.3) is 0 Å². The van der Waals surface area contributed by atoms with Crippen molar-refractivity contribution >= 4 is 17.2 Å². The second-order valence-corrected chi connectivity index (χ2v) is 4.52. The summed E-state index contributed by atoms with van der Waals surface area (Å²) in [5.74, 6) is -0.943. The molecular weight excluding hydrogens is 264 g/mol. The van der Waals surface area contributed by atoms with E-state index < -0.39 is 5.97 Å². The quantitative estimate of drug-likeness (QED) is 0.441. The van der Waals surface area contributed by atoms with Gasteiger partial charge in [0.1, 0.15) is 0 Å². The average molecular weight is 282 g/mol. The molecule has 0 aliphatic heterocycles. The Labute approximate surface area is 124 Å². The zero-order valence-electron chi connectivity index (χ0n) is 11.8. The van der Waals surface area contributed by atoms with E-state index in [0.717, 1.165) is 11.1 Å². The molecule has 21 heavy (non-hydrogen) atoms. The van der Waals surface area contributed by atoms with E-state index in [1.54, 1.807) is 30.4 Å². The molecule has 108 valence electrons. The Kier molecular flexibility index (Phi) is 5.39. The number of hydrogen-bond donors (Lipinski definition) is 3. The molecule has 0 bridgehead atoms. The summed E-state index contributed by atoms with van der Waals surface area (Å²) in [6, 6.07) is 5.23. The van der Waals surface area contributed by atoms with Gasteiger partial charge >= 0.3 is 5.97 Å². The Hall–Kier alpha value is -2.93. The van der Waals surface area contributed by atoms with E-state index in [1.807, 2.05) is 13.0 Å². The Bertz CT molecular complexity index is 665. The van der Waals surface area contributed by atoms with Gasteiger partial charge in [-0.25, -0.2) is 4.79 Å². The Balaban J connectivity index is 0.00000106. The topological polar surface area (TPSA) is 89.3 Å². The maximum absolute atomic E-state index is 11.5. The zero-order chi connectivity index (χ0) is 16.0. The summed E-state index contributed by atoms with van der Waals surface area (Å²) in [4.78, 5) is 11.5. The third kappa shape index (κ3) is 3.77. The number of terminal acetylenes is 1. The number of aliphatic carboxylic acids is 1. The highest BCUT2D eigenvalue weighted by molar-refractivity contribution is 6.17. The molecule has 0 radical (unpaired) electrons. The number of carboxylic acids is 1. The second kappa shape index (κ2) is 7.01. The van der Waals surface area contributed by atoms with Crippen molar-refractivity contribution in [1.29, 1.82) is 0 Å². The summed E-state index contributed by atoms with van der Waals surface area (Å²) in [6.07, 6.45) is 13.8. The molecule has 1 aliphatic rings. The highest BCUT2D eigenvalue weighted by Gasteiger charge is 2.18. The van der Waals surface area contributed by atoms with Crippen LogP contribution >= 0.6 is 0 Å².